The maximum Gasteiger partial charge on any atom is 0.256 e. The summed E-state index contributed by atoms with van der Waals surface area (Å²) in [5.41, 5.74) is 2.16. The van der Waals surface area contributed by atoms with E-state index in [0.717, 1.165) is 11.3 Å². The molecule has 6 nitrogen and oxygen atoms in total. The summed E-state index contributed by atoms with van der Waals surface area (Å²) in [5, 5.41) is 6.87. The zero-order valence-electron chi connectivity index (χ0n) is 16.1. The topological polar surface area (TPSA) is 75.4 Å². The Kier molecular flexibility index (Phi) is 6.03. The lowest BCUT2D eigenvalue weighted by atomic mass is 10.1. The van der Waals surface area contributed by atoms with Gasteiger partial charge in [-0.15, -0.1) is 0 Å². The van der Waals surface area contributed by atoms with Gasteiger partial charge in [-0.1, -0.05) is 22.8 Å². The van der Waals surface area contributed by atoms with E-state index in [1.807, 2.05) is 13.8 Å². The number of amides is 2. The number of rotatable bonds is 4. The second kappa shape index (κ2) is 8.31. The predicted molar refractivity (Wildman–Crippen MR) is 103 cm³/mol. The number of aryl methyl sites for hydroxylation is 3. The van der Waals surface area contributed by atoms with Gasteiger partial charge < -0.3 is 14.7 Å². The second-order valence-corrected chi connectivity index (χ2v) is 7.55. The number of halogens is 2. The number of benzene rings is 1. The first kappa shape index (κ1) is 20.3. The van der Waals surface area contributed by atoms with E-state index in [1.54, 1.807) is 11.8 Å². The Morgan fingerprint density at radius 1 is 1.36 bits per heavy atom. The maximum atomic E-state index is 14.1. The average molecular weight is 408 g/mol. The van der Waals surface area contributed by atoms with Crippen molar-refractivity contribution in [1.29, 1.82) is 0 Å². The van der Waals surface area contributed by atoms with Crippen molar-refractivity contribution >= 4 is 23.4 Å². The zero-order chi connectivity index (χ0) is 20.4. The average Bonchev–Trinajstić information content (AvgIpc) is 2.86. The molecule has 1 atom stereocenters. The number of carbonyl (C=O) groups is 2. The fourth-order valence-electron chi connectivity index (χ4n) is 3.39. The Morgan fingerprint density at radius 3 is 2.79 bits per heavy atom. The summed E-state index contributed by atoms with van der Waals surface area (Å²) in [5.74, 6) is -0.499. The van der Waals surface area contributed by atoms with Gasteiger partial charge in [0.1, 0.15) is 11.6 Å². The fraction of sp³-hybridized carbons (Fsp3) is 0.450. The smallest absolute Gasteiger partial charge is 0.256 e. The lowest BCUT2D eigenvalue weighted by Crippen LogP contribution is -2.36. The molecule has 3 rings (SSSR count). The minimum atomic E-state index is -0.655. The van der Waals surface area contributed by atoms with Crippen LogP contribution in [-0.2, 0) is 11.3 Å². The van der Waals surface area contributed by atoms with Crippen molar-refractivity contribution in [2.75, 3.05) is 6.54 Å². The summed E-state index contributed by atoms with van der Waals surface area (Å²) in [7, 11) is 0. The van der Waals surface area contributed by atoms with Crippen LogP contribution in [0.25, 0.3) is 0 Å². The lowest BCUT2D eigenvalue weighted by Gasteiger charge is -2.21. The first-order valence-corrected chi connectivity index (χ1v) is 9.60. The number of likely N-dealkylation sites (tertiary alicyclic amines) is 1. The summed E-state index contributed by atoms with van der Waals surface area (Å²) in [6.45, 7) is 6.30. The van der Waals surface area contributed by atoms with Gasteiger partial charge in [0.2, 0.25) is 5.91 Å². The minimum absolute atomic E-state index is 0.0107. The molecule has 0 saturated carbocycles. The molecule has 1 fully saturated rings. The van der Waals surface area contributed by atoms with Crippen LogP contribution in [0.2, 0.25) is 5.02 Å². The quantitative estimate of drug-likeness (QED) is 0.838. The minimum Gasteiger partial charge on any atom is -0.361 e. The molecular weight excluding hydrogens is 385 g/mol. The highest BCUT2D eigenvalue weighted by Crippen LogP contribution is 2.24. The summed E-state index contributed by atoms with van der Waals surface area (Å²) >= 11 is 6.12. The number of hydrogen-bond donors (Lipinski definition) is 1. The molecular formula is C20H23ClFN3O3. The molecule has 1 N–H and O–H groups in total. The van der Waals surface area contributed by atoms with Gasteiger partial charge in [0.15, 0.2) is 0 Å². The third-order valence-corrected chi connectivity index (χ3v) is 5.67. The maximum absolute atomic E-state index is 14.1. The number of aromatic nitrogens is 1. The Balaban J connectivity index is 1.67. The van der Waals surface area contributed by atoms with Crippen LogP contribution < -0.4 is 5.32 Å². The molecule has 1 aliphatic rings. The number of nitrogens with one attached hydrogen (secondary N) is 1. The largest absolute Gasteiger partial charge is 0.361 e. The van der Waals surface area contributed by atoms with Crippen molar-refractivity contribution in [3.05, 3.63) is 51.1 Å². The number of hydrogen-bond acceptors (Lipinski definition) is 4. The van der Waals surface area contributed by atoms with E-state index in [1.165, 1.54) is 12.1 Å². The van der Waals surface area contributed by atoms with E-state index >= 15 is 0 Å². The molecule has 150 valence electrons. The molecule has 2 heterocycles. The molecule has 2 amide bonds. The predicted octanol–water partition coefficient (Wildman–Crippen LogP) is 3.70. The molecule has 0 bridgehead atoms. The van der Waals surface area contributed by atoms with Crippen LogP contribution in [0.5, 0.6) is 0 Å². The SMILES string of the molecule is Cc1ccc(F)c(C(=O)NC2CCC(=O)N(Cc3c(C)noc3C)CC2)c1Cl. The van der Waals surface area contributed by atoms with E-state index in [0.29, 0.717) is 43.7 Å². The van der Waals surface area contributed by atoms with Gasteiger partial charge in [0.25, 0.3) is 5.91 Å². The second-order valence-electron chi connectivity index (χ2n) is 7.17. The molecule has 1 saturated heterocycles. The lowest BCUT2D eigenvalue weighted by molar-refractivity contribution is -0.131. The Hall–Kier alpha value is -2.41. The van der Waals surface area contributed by atoms with Crippen molar-refractivity contribution in [2.24, 2.45) is 0 Å². The molecule has 1 aromatic carbocycles. The van der Waals surface area contributed by atoms with Gasteiger partial charge in [-0.05, 0) is 45.2 Å². The fourth-order valence-corrected chi connectivity index (χ4v) is 3.63. The van der Waals surface area contributed by atoms with Crippen LogP contribution in [0.4, 0.5) is 4.39 Å². The summed E-state index contributed by atoms with van der Waals surface area (Å²) < 4.78 is 19.3. The molecule has 8 heteroatoms. The van der Waals surface area contributed by atoms with Crippen molar-refractivity contribution < 1.29 is 18.5 Å². The first-order chi connectivity index (χ1) is 13.3. The Bertz CT molecular complexity index is 893. The monoisotopic (exact) mass is 407 g/mol. The van der Waals surface area contributed by atoms with Crippen molar-refractivity contribution in [3.63, 3.8) is 0 Å². The van der Waals surface area contributed by atoms with Gasteiger partial charge in [0.05, 0.1) is 22.8 Å². The van der Waals surface area contributed by atoms with Gasteiger partial charge in [-0.25, -0.2) is 4.39 Å². The standard InChI is InChI=1S/C20H23ClFN3O3/c1-11-4-6-16(22)18(19(11)21)20(27)23-14-5-7-17(26)25(9-8-14)10-15-12(2)24-28-13(15)3/h4,6,14H,5,7-10H2,1-3H3,(H,23,27). The van der Waals surface area contributed by atoms with Gasteiger partial charge in [-0.2, -0.15) is 0 Å². The Labute approximate surface area is 168 Å². The van der Waals surface area contributed by atoms with E-state index in [-0.39, 0.29) is 22.5 Å². The third kappa shape index (κ3) is 4.19. The number of carbonyl (C=O) groups excluding carboxylic acids is 2. The molecule has 0 aliphatic carbocycles. The highest BCUT2D eigenvalue weighted by molar-refractivity contribution is 6.34. The van der Waals surface area contributed by atoms with E-state index in [2.05, 4.69) is 10.5 Å². The van der Waals surface area contributed by atoms with Crippen molar-refractivity contribution in [2.45, 2.75) is 52.6 Å². The van der Waals surface area contributed by atoms with Gasteiger partial charge >= 0.3 is 0 Å². The van der Waals surface area contributed by atoms with Crippen molar-refractivity contribution in [3.8, 4) is 0 Å². The Morgan fingerprint density at radius 2 is 2.11 bits per heavy atom. The summed E-state index contributed by atoms with van der Waals surface area (Å²) in [6, 6.07) is 2.53. The summed E-state index contributed by atoms with van der Waals surface area (Å²) in [6.07, 6.45) is 1.37. The molecule has 0 radical (unpaired) electrons. The van der Waals surface area contributed by atoms with Crippen LogP contribution in [0.15, 0.2) is 16.7 Å². The highest BCUT2D eigenvalue weighted by Gasteiger charge is 2.27. The molecule has 1 aliphatic heterocycles. The van der Waals surface area contributed by atoms with E-state index in [9.17, 15) is 14.0 Å². The highest BCUT2D eigenvalue weighted by atomic mass is 35.5. The number of nitrogens with zero attached hydrogens (tertiary/aromatic N) is 2. The van der Waals surface area contributed by atoms with Crippen LogP contribution >= 0.6 is 11.6 Å². The van der Waals surface area contributed by atoms with Crippen LogP contribution in [0.1, 0.15) is 52.2 Å². The first-order valence-electron chi connectivity index (χ1n) is 9.23. The van der Waals surface area contributed by atoms with Crippen molar-refractivity contribution in [1.82, 2.24) is 15.4 Å². The molecule has 1 unspecified atom stereocenters. The normalized spacial score (nSPS) is 17.5. The molecule has 1 aromatic heterocycles. The van der Waals surface area contributed by atoms with Gasteiger partial charge in [-0.3, -0.25) is 9.59 Å². The van der Waals surface area contributed by atoms with Crippen LogP contribution in [-0.4, -0.2) is 34.5 Å². The van der Waals surface area contributed by atoms with E-state index < -0.39 is 11.7 Å². The van der Waals surface area contributed by atoms with Crippen LogP contribution in [0, 0.1) is 26.6 Å². The molecule has 28 heavy (non-hydrogen) atoms. The molecule has 2 aromatic rings. The zero-order valence-corrected chi connectivity index (χ0v) is 16.9. The van der Waals surface area contributed by atoms with Gasteiger partial charge in [0, 0.05) is 24.6 Å². The van der Waals surface area contributed by atoms with E-state index in [4.69, 9.17) is 16.1 Å². The summed E-state index contributed by atoms with van der Waals surface area (Å²) in [4.78, 5) is 26.8. The third-order valence-electron chi connectivity index (χ3n) is 5.18. The molecule has 0 spiro atoms. The van der Waals surface area contributed by atoms with Crippen LogP contribution in [0.3, 0.4) is 0 Å².